The van der Waals surface area contributed by atoms with Crippen LogP contribution < -0.4 is 0 Å². The van der Waals surface area contributed by atoms with Crippen molar-refractivity contribution < 1.29 is 9.32 Å². The van der Waals surface area contributed by atoms with E-state index < -0.39 is 0 Å². The molecule has 0 saturated carbocycles. The van der Waals surface area contributed by atoms with Crippen molar-refractivity contribution in [2.45, 2.75) is 46.6 Å². The molecule has 0 radical (unpaired) electrons. The second kappa shape index (κ2) is 6.82. The number of aromatic nitrogens is 1. The smallest absolute Gasteiger partial charge is 0.264 e. The zero-order chi connectivity index (χ0) is 18.3. The van der Waals surface area contributed by atoms with Gasteiger partial charge in [-0.05, 0) is 63.6 Å². The standard InChI is InChI=1S/C20H27N3O2S/c1-14-5-10-26-18(14)19(24)23-9-7-20(13-23)6-4-8-22(12-20)11-17-15(2)21-25-16(17)3/h5,10H,4,6-9,11-13H2,1-3H3/t20-/m1/s1. The Kier molecular flexibility index (Phi) is 4.65. The van der Waals surface area contributed by atoms with Crippen molar-refractivity contribution in [2.75, 3.05) is 26.2 Å². The van der Waals surface area contributed by atoms with E-state index in [2.05, 4.69) is 15.0 Å². The minimum atomic E-state index is 0.220. The fourth-order valence-corrected chi connectivity index (χ4v) is 5.47. The number of hydrogen-bond acceptors (Lipinski definition) is 5. The molecular weight excluding hydrogens is 346 g/mol. The topological polar surface area (TPSA) is 49.6 Å². The summed E-state index contributed by atoms with van der Waals surface area (Å²) in [5, 5.41) is 6.10. The van der Waals surface area contributed by atoms with Gasteiger partial charge in [0.25, 0.3) is 5.91 Å². The number of rotatable bonds is 3. The predicted octanol–water partition coefficient (Wildman–Crippen LogP) is 3.79. The molecule has 0 aromatic carbocycles. The first-order chi connectivity index (χ1) is 12.5. The third-order valence-electron chi connectivity index (χ3n) is 6.09. The first-order valence-corrected chi connectivity index (χ1v) is 10.3. The Morgan fingerprint density at radius 3 is 2.81 bits per heavy atom. The molecule has 6 heteroatoms. The Morgan fingerprint density at radius 2 is 2.12 bits per heavy atom. The summed E-state index contributed by atoms with van der Waals surface area (Å²) in [5.41, 5.74) is 3.57. The maximum Gasteiger partial charge on any atom is 0.264 e. The summed E-state index contributed by atoms with van der Waals surface area (Å²) < 4.78 is 5.33. The molecule has 140 valence electrons. The van der Waals surface area contributed by atoms with Crippen molar-refractivity contribution in [3.05, 3.63) is 38.9 Å². The quantitative estimate of drug-likeness (QED) is 0.821. The van der Waals surface area contributed by atoms with E-state index in [9.17, 15) is 4.79 Å². The lowest BCUT2D eigenvalue weighted by Crippen LogP contribution is -2.45. The summed E-state index contributed by atoms with van der Waals surface area (Å²) in [7, 11) is 0. The van der Waals surface area contributed by atoms with Crippen molar-refractivity contribution >= 4 is 17.2 Å². The first kappa shape index (κ1) is 17.7. The second-order valence-electron chi connectivity index (χ2n) is 8.03. The number of carbonyl (C=O) groups excluding carboxylic acids is 1. The van der Waals surface area contributed by atoms with E-state index in [4.69, 9.17) is 4.52 Å². The lowest BCUT2D eigenvalue weighted by molar-refractivity contribution is 0.0677. The Balaban J connectivity index is 1.44. The van der Waals surface area contributed by atoms with Crippen molar-refractivity contribution in [2.24, 2.45) is 5.41 Å². The summed E-state index contributed by atoms with van der Waals surface area (Å²) >= 11 is 1.57. The van der Waals surface area contributed by atoms with Gasteiger partial charge in [-0.1, -0.05) is 5.16 Å². The largest absolute Gasteiger partial charge is 0.361 e. The molecule has 0 N–H and O–H groups in total. The van der Waals surface area contributed by atoms with E-state index >= 15 is 0 Å². The number of carbonyl (C=O) groups is 1. The molecule has 2 aromatic heterocycles. The molecule has 4 heterocycles. The van der Waals surface area contributed by atoms with Gasteiger partial charge in [0.2, 0.25) is 0 Å². The lowest BCUT2D eigenvalue weighted by atomic mass is 9.79. The van der Waals surface area contributed by atoms with Crippen LogP contribution in [0.2, 0.25) is 0 Å². The monoisotopic (exact) mass is 373 g/mol. The zero-order valence-electron chi connectivity index (χ0n) is 15.9. The van der Waals surface area contributed by atoms with Gasteiger partial charge in [0.15, 0.2) is 0 Å². The molecule has 1 amide bonds. The van der Waals surface area contributed by atoms with Crippen LogP contribution in [0, 0.1) is 26.2 Å². The third-order valence-corrected chi connectivity index (χ3v) is 7.09. The van der Waals surface area contributed by atoms with Crippen LogP contribution >= 0.6 is 11.3 Å². The van der Waals surface area contributed by atoms with E-state index in [-0.39, 0.29) is 11.3 Å². The predicted molar refractivity (Wildman–Crippen MR) is 102 cm³/mol. The van der Waals surface area contributed by atoms with Gasteiger partial charge >= 0.3 is 0 Å². The van der Waals surface area contributed by atoms with Gasteiger partial charge in [-0.15, -0.1) is 11.3 Å². The average Bonchev–Trinajstić information content (AvgIpc) is 3.31. The molecule has 2 aliphatic rings. The van der Waals surface area contributed by atoms with Crippen LogP contribution in [0.1, 0.15) is 51.5 Å². The van der Waals surface area contributed by atoms with Crippen molar-refractivity contribution in [1.29, 1.82) is 0 Å². The zero-order valence-corrected chi connectivity index (χ0v) is 16.7. The molecule has 1 atom stereocenters. The van der Waals surface area contributed by atoms with Gasteiger partial charge in [-0.2, -0.15) is 0 Å². The Hall–Kier alpha value is -1.66. The number of hydrogen-bond donors (Lipinski definition) is 0. The van der Waals surface area contributed by atoms with Gasteiger partial charge in [0.05, 0.1) is 10.6 Å². The molecule has 4 rings (SSSR count). The van der Waals surface area contributed by atoms with E-state index in [1.165, 1.54) is 18.4 Å². The fourth-order valence-electron chi connectivity index (χ4n) is 4.57. The van der Waals surface area contributed by atoms with Gasteiger partial charge in [-0.3, -0.25) is 9.69 Å². The summed E-state index contributed by atoms with van der Waals surface area (Å²) in [4.78, 5) is 18.4. The number of aryl methyl sites for hydroxylation is 3. The summed E-state index contributed by atoms with van der Waals surface area (Å²) in [6.07, 6.45) is 3.53. The molecule has 2 saturated heterocycles. The number of likely N-dealkylation sites (tertiary alicyclic amines) is 2. The van der Waals surface area contributed by atoms with Crippen molar-refractivity contribution in [3.8, 4) is 0 Å². The highest BCUT2D eigenvalue weighted by Crippen LogP contribution is 2.40. The maximum atomic E-state index is 12.9. The minimum absolute atomic E-state index is 0.220. The summed E-state index contributed by atoms with van der Waals surface area (Å²) in [5.74, 6) is 1.15. The van der Waals surface area contributed by atoms with Crippen LogP contribution in [0.3, 0.4) is 0 Å². The number of amides is 1. The lowest BCUT2D eigenvalue weighted by Gasteiger charge is -2.40. The molecule has 1 spiro atoms. The molecule has 0 unspecified atom stereocenters. The Labute approximate surface area is 159 Å². The molecule has 0 bridgehead atoms. The molecule has 0 aliphatic carbocycles. The Bertz CT molecular complexity index is 792. The molecule has 2 aliphatic heterocycles. The number of piperidine rings is 1. The fraction of sp³-hybridized carbons (Fsp3) is 0.600. The van der Waals surface area contributed by atoms with Crippen LogP contribution in [-0.4, -0.2) is 47.0 Å². The highest BCUT2D eigenvalue weighted by atomic mass is 32.1. The normalized spacial score (nSPS) is 23.9. The molecular formula is C20H27N3O2S. The van der Waals surface area contributed by atoms with Crippen LogP contribution in [0.5, 0.6) is 0 Å². The van der Waals surface area contributed by atoms with Crippen molar-refractivity contribution in [1.82, 2.24) is 15.0 Å². The van der Waals surface area contributed by atoms with Gasteiger partial charge in [0.1, 0.15) is 5.76 Å². The SMILES string of the molecule is Cc1ccsc1C(=O)N1CC[C@@]2(CCCN(Cc3c(C)noc3C)C2)C1. The summed E-state index contributed by atoms with van der Waals surface area (Å²) in [6, 6.07) is 2.04. The van der Waals surface area contributed by atoms with Gasteiger partial charge < -0.3 is 9.42 Å². The van der Waals surface area contributed by atoms with Crippen LogP contribution in [0.25, 0.3) is 0 Å². The van der Waals surface area contributed by atoms with Crippen LogP contribution in [0.4, 0.5) is 0 Å². The van der Waals surface area contributed by atoms with Crippen LogP contribution in [0.15, 0.2) is 16.0 Å². The highest BCUT2D eigenvalue weighted by Gasteiger charge is 2.43. The summed E-state index contributed by atoms with van der Waals surface area (Å²) in [6.45, 7) is 10.9. The van der Waals surface area contributed by atoms with Crippen LogP contribution in [-0.2, 0) is 6.54 Å². The molecule has 26 heavy (non-hydrogen) atoms. The van der Waals surface area contributed by atoms with E-state index in [1.807, 2.05) is 32.2 Å². The second-order valence-corrected chi connectivity index (χ2v) is 8.94. The average molecular weight is 374 g/mol. The van der Waals surface area contributed by atoms with E-state index in [0.717, 1.165) is 61.0 Å². The number of nitrogens with zero attached hydrogens (tertiary/aromatic N) is 3. The molecule has 2 fully saturated rings. The molecule has 5 nitrogen and oxygen atoms in total. The van der Waals surface area contributed by atoms with Gasteiger partial charge in [-0.25, -0.2) is 0 Å². The van der Waals surface area contributed by atoms with E-state index in [1.54, 1.807) is 11.3 Å². The van der Waals surface area contributed by atoms with E-state index in [0.29, 0.717) is 0 Å². The Morgan fingerprint density at radius 1 is 1.27 bits per heavy atom. The molecule has 2 aromatic rings. The highest BCUT2D eigenvalue weighted by molar-refractivity contribution is 7.12. The minimum Gasteiger partial charge on any atom is -0.361 e. The van der Waals surface area contributed by atoms with Crippen molar-refractivity contribution in [3.63, 3.8) is 0 Å². The number of thiophene rings is 1. The van der Waals surface area contributed by atoms with Gasteiger partial charge in [0, 0.05) is 37.2 Å². The third kappa shape index (κ3) is 3.21. The first-order valence-electron chi connectivity index (χ1n) is 9.45. The maximum absolute atomic E-state index is 12.9.